The van der Waals surface area contributed by atoms with E-state index in [2.05, 4.69) is 22.0 Å². The Morgan fingerprint density at radius 3 is 2.19 bits per heavy atom. The molecule has 0 aromatic heterocycles. The van der Waals surface area contributed by atoms with Gasteiger partial charge in [0.25, 0.3) is 0 Å². The summed E-state index contributed by atoms with van der Waals surface area (Å²) in [4.78, 5) is 23.4. The number of halogens is 1. The summed E-state index contributed by atoms with van der Waals surface area (Å²) in [5.41, 5.74) is 0. The van der Waals surface area contributed by atoms with E-state index in [0.717, 1.165) is 6.42 Å². The lowest BCUT2D eigenvalue weighted by atomic mass is 9.92. The quantitative estimate of drug-likeness (QED) is 0.358. The molecule has 0 spiro atoms. The van der Waals surface area contributed by atoms with Gasteiger partial charge in [-0.2, -0.15) is 5.26 Å². The van der Waals surface area contributed by atoms with Crippen LogP contribution in [0, 0.1) is 23.2 Å². The van der Waals surface area contributed by atoms with Crippen LogP contribution < -0.4 is 0 Å². The molecule has 0 aromatic rings. The van der Waals surface area contributed by atoms with Crippen LogP contribution in [0.3, 0.4) is 0 Å². The molecule has 0 aliphatic rings. The van der Waals surface area contributed by atoms with Gasteiger partial charge in [0.15, 0.2) is 0 Å². The molecule has 0 amide bonds. The van der Waals surface area contributed by atoms with Gasteiger partial charge in [-0.25, -0.2) is 0 Å². The monoisotopic (exact) mass is 361 g/mol. The summed E-state index contributed by atoms with van der Waals surface area (Å²) < 4.78 is 9.34. The predicted molar refractivity (Wildman–Crippen MR) is 82.7 cm³/mol. The van der Waals surface area contributed by atoms with E-state index in [-0.39, 0.29) is 31.0 Å². The summed E-state index contributed by atoms with van der Waals surface area (Å²) in [5, 5.41) is 8.94. The molecule has 0 aromatic carbocycles. The second kappa shape index (κ2) is 9.78. The van der Waals surface area contributed by atoms with Crippen molar-refractivity contribution in [3.05, 3.63) is 0 Å². The van der Waals surface area contributed by atoms with Gasteiger partial charge in [0.1, 0.15) is 17.5 Å². The minimum atomic E-state index is -0.746. The minimum absolute atomic E-state index is 0.0332. The first-order chi connectivity index (χ1) is 9.76. The molecule has 0 saturated carbocycles. The first-order valence-corrected chi connectivity index (χ1v) is 7.97. The molecule has 2 atom stereocenters. The van der Waals surface area contributed by atoms with Gasteiger partial charge < -0.3 is 9.47 Å². The Kier molecular flexibility index (Phi) is 9.27. The Balaban J connectivity index is 4.12. The van der Waals surface area contributed by atoms with Gasteiger partial charge in [0.2, 0.25) is 0 Å². The Morgan fingerprint density at radius 2 is 1.76 bits per heavy atom. The molecule has 0 heterocycles. The van der Waals surface area contributed by atoms with Crippen LogP contribution in [0.25, 0.3) is 0 Å². The van der Waals surface area contributed by atoms with Crippen LogP contribution in [0.2, 0.25) is 0 Å². The molecule has 2 unspecified atom stereocenters. The van der Waals surface area contributed by atoms with Crippen molar-refractivity contribution in [1.29, 1.82) is 5.26 Å². The first kappa shape index (κ1) is 19.9. The average molecular weight is 362 g/mol. The third-order valence-electron chi connectivity index (χ3n) is 3.12. The van der Waals surface area contributed by atoms with E-state index >= 15 is 0 Å². The largest absolute Gasteiger partial charge is 0.462 e. The summed E-state index contributed by atoms with van der Waals surface area (Å²) >= 11 is 3.19. The van der Waals surface area contributed by atoms with Crippen molar-refractivity contribution < 1.29 is 19.1 Å². The predicted octanol–water partition coefficient (Wildman–Crippen LogP) is 3.21. The van der Waals surface area contributed by atoms with E-state index in [1.54, 1.807) is 13.8 Å². The van der Waals surface area contributed by atoms with E-state index in [1.807, 2.05) is 13.8 Å². The number of nitrogens with zero attached hydrogens (tertiary/aromatic N) is 1. The molecule has 0 radical (unpaired) electrons. The molecule has 120 valence electrons. The normalized spacial score (nSPS) is 13.9. The number of rotatable bonds is 9. The van der Waals surface area contributed by atoms with E-state index in [0.29, 0.717) is 12.8 Å². The van der Waals surface area contributed by atoms with Crippen LogP contribution in [-0.4, -0.2) is 29.5 Å². The highest BCUT2D eigenvalue weighted by Crippen LogP contribution is 2.20. The summed E-state index contributed by atoms with van der Waals surface area (Å²) in [6.45, 7) is 7.25. The van der Waals surface area contributed by atoms with Crippen LogP contribution in [-0.2, 0) is 19.1 Å². The third kappa shape index (κ3) is 8.05. The minimum Gasteiger partial charge on any atom is -0.462 e. The zero-order valence-electron chi connectivity index (χ0n) is 13.1. The van der Waals surface area contributed by atoms with Crippen molar-refractivity contribution in [2.75, 3.05) is 13.2 Å². The maximum absolute atomic E-state index is 11.9. The number of hydrogen-bond acceptors (Lipinski definition) is 5. The maximum Gasteiger partial charge on any atom is 0.322 e. The molecule has 5 nitrogen and oxygen atoms in total. The fourth-order valence-corrected chi connectivity index (χ4v) is 1.76. The van der Waals surface area contributed by atoms with Gasteiger partial charge in [-0.15, -0.1) is 0 Å². The average Bonchev–Trinajstić information content (AvgIpc) is 2.43. The second-order valence-electron chi connectivity index (χ2n) is 5.35. The molecule has 0 aliphatic heterocycles. The maximum atomic E-state index is 11.9. The van der Waals surface area contributed by atoms with Crippen LogP contribution >= 0.6 is 15.9 Å². The summed E-state index contributed by atoms with van der Waals surface area (Å²) in [7, 11) is 0. The van der Waals surface area contributed by atoms with E-state index in [4.69, 9.17) is 14.7 Å². The van der Waals surface area contributed by atoms with Crippen molar-refractivity contribution >= 4 is 27.9 Å². The van der Waals surface area contributed by atoms with Gasteiger partial charge in [0.05, 0.1) is 12.0 Å². The lowest BCUT2D eigenvalue weighted by molar-refractivity contribution is -0.156. The number of carbonyl (C=O) groups is 2. The Morgan fingerprint density at radius 1 is 1.19 bits per heavy atom. The van der Waals surface area contributed by atoms with Crippen molar-refractivity contribution in [3.63, 3.8) is 0 Å². The molecule has 0 aliphatic carbocycles. The number of nitriles is 1. The van der Waals surface area contributed by atoms with Crippen molar-refractivity contribution in [3.8, 4) is 6.07 Å². The first-order valence-electron chi connectivity index (χ1n) is 7.18. The van der Waals surface area contributed by atoms with Crippen molar-refractivity contribution in [2.45, 2.75) is 51.3 Å². The van der Waals surface area contributed by atoms with E-state index in [1.165, 1.54) is 0 Å². The number of carbonyl (C=O) groups excluding carboxylic acids is 2. The molecular formula is C15H24BrNO4. The molecule has 0 bridgehead atoms. The van der Waals surface area contributed by atoms with Crippen molar-refractivity contribution in [2.24, 2.45) is 11.8 Å². The van der Waals surface area contributed by atoms with Gasteiger partial charge >= 0.3 is 11.9 Å². The number of alkyl halides is 1. The number of ether oxygens (including phenoxy) is 2. The highest BCUT2D eigenvalue weighted by atomic mass is 79.9. The van der Waals surface area contributed by atoms with Crippen LogP contribution in [0.15, 0.2) is 0 Å². The van der Waals surface area contributed by atoms with Crippen molar-refractivity contribution in [1.82, 2.24) is 0 Å². The molecule has 0 N–H and O–H groups in total. The summed E-state index contributed by atoms with van der Waals surface area (Å²) in [5.74, 6) is -1.14. The fourth-order valence-electron chi connectivity index (χ4n) is 1.65. The molecule has 21 heavy (non-hydrogen) atoms. The highest BCUT2D eigenvalue weighted by Gasteiger charge is 2.26. The van der Waals surface area contributed by atoms with Gasteiger partial charge in [-0.1, -0.05) is 29.8 Å². The SMILES string of the molecule is CCC(C#N)CC(CC)C(=O)OCCOC(=O)C(C)(C)Br. The third-order valence-corrected chi connectivity index (χ3v) is 3.44. The smallest absolute Gasteiger partial charge is 0.322 e. The molecular weight excluding hydrogens is 338 g/mol. The molecule has 0 saturated heterocycles. The lowest BCUT2D eigenvalue weighted by Crippen LogP contribution is -2.28. The van der Waals surface area contributed by atoms with Gasteiger partial charge in [-0.05, 0) is 33.1 Å². The Bertz CT molecular complexity index is 384. The molecule has 0 fully saturated rings. The van der Waals surface area contributed by atoms with Gasteiger partial charge in [-0.3, -0.25) is 9.59 Å². The standard InChI is InChI=1S/C15H24BrNO4/c1-5-11(10-17)9-12(6-2)13(18)20-7-8-21-14(19)15(3,4)16/h11-12H,5-9H2,1-4H3. The zero-order chi connectivity index (χ0) is 16.5. The van der Waals surface area contributed by atoms with Crippen LogP contribution in [0.4, 0.5) is 0 Å². The molecule has 6 heteroatoms. The van der Waals surface area contributed by atoms with Gasteiger partial charge in [0, 0.05) is 5.92 Å². The fraction of sp³-hybridized carbons (Fsp3) is 0.800. The number of esters is 2. The Labute approximate surface area is 135 Å². The highest BCUT2D eigenvalue weighted by molar-refractivity contribution is 9.10. The topological polar surface area (TPSA) is 76.4 Å². The number of hydrogen-bond donors (Lipinski definition) is 0. The summed E-state index contributed by atoms with van der Waals surface area (Å²) in [6, 6.07) is 2.19. The lowest BCUT2D eigenvalue weighted by Gasteiger charge is -2.17. The van der Waals surface area contributed by atoms with Crippen LogP contribution in [0.5, 0.6) is 0 Å². The zero-order valence-corrected chi connectivity index (χ0v) is 14.7. The Hall–Kier alpha value is -1.09. The van der Waals surface area contributed by atoms with Crippen LogP contribution in [0.1, 0.15) is 47.0 Å². The molecule has 0 rings (SSSR count). The van der Waals surface area contributed by atoms with E-state index in [9.17, 15) is 9.59 Å². The van der Waals surface area contributed by atoms with E-state index < -0.39 is 10.3 Å². The second-order valence-corrected chi connectivity index (χ2v) is 7.33. The summed E-state index contributed by atoms with van der Waals surface area (Å²) in [6.07, 6.45) is 1.86.